The molecule has 1 aliphatic rings. The number of esters is 1. The molecule has 0 aliphatic heterocycles. The van der Waals surface area contributed by atoms with Crippen LogP contribution in [0, 0.1) is 18.2 Å². The lowest BCUT2D eigenvalue weighted by Crippen LogP contribution is -2.40. The average Bonchev–Trinajstić information content (AvgIpc) is 2.75. The van der Waals surface area contributed by atoms with Gasteiger partial charge in [0.15, 0.2) is 6.10 Å². The topological polar surface area (TPSA) is 72.9 Å². The van der Waals surface area contributed by atoms with Crippen molar-refractivity contribution >= 4 is 46.7 Å². The predicted octanol–water partition coefficient (Wildman–Crippen LogP) is 4.02. The molecule has 0 N–H and O–H groups in total. The van der Waals surface area contributed by atoms with Crippen LogP contribution < -0.4 is 9.64 Å². The Labute approximate surface area is 183 Å². The molecule has 0 fully saturated rings. The molecule has 160 valence electrons. The monoisotopic (exact) mass is 455 g/mol. The molecule has 0 radical (unpaired) electrons. The lowest BCUT2D eigenvalue weighted by atomic mass is 9.90. The molecule has 9 heteroatoms. The highest BCUT2D eigenvalue weighted by Gasteiger charge is 2.33. The number of nitrogens with zero attached hydrogens (tertiary/aromatic N) is 1. The van der Waals surface area contributed by atoms with Gasteiger partial charge in [0, 0.05) is 17.2 Å². The highest BCUT2D eigenvalue weighted by molar-refractivity contribution is 6.35. The lowest BCUT2D eigenvalue weighted by Gasteiger charge is -2.26. The summed E-state index contributed by atoms with van der Waals surface area (Å²) in [6, 6.07) is 2.02. The molecule has 0 saturated heterocycles. The van der Waals surface area contributed by atoms with Crippen molar-refractivity contribution in [2.75, 3.05) is 17.9 Å². The molecule has 2 rings (SSSR count). The Morgan fingerprint density at radius 2 is 1.90 bits per heavy atom. The maximum absolute atomic E-state index is 14.8. The Kier molecular flexibility index (Phi) is 8.27. The summed E-state index contributed by atoms with van der Waals surface area (Å²) in [4.78, 5) is 38.5. The molecule has 1 aliphatic carbocycles. The van der Waals surface area contributed by atoms with Crippen LogP contribution in [0.25, 0.3) is 0 Å². The van der Waals surface area contributed by atoms with Crippen LogP contribution in [0.3, 0.4) is 0 Å². The van der Waals surface area contributed by atoms with Crippen molar-refractivity contribution in [1.29, 1.82) is 0 Å². The van der Waals surface area contributed by atoms with Crippen molar-refractivity contribution in [2.45, 2.75) is 38.7 Å². The lowest BCUT2D eigenvalue weighted by molar-refractivity contribution is -0.137. The minimum absolute atomic E-state index is 0.00972. The molecule has 0 bridgehead atoms. The van der Waals surface area contributed by atoms with E-state index < -0.39 is 41.3 Å². The fourth-order valence-corrected chi connectivity index (χ4v) is 3.36. The van der Waals surface area contributed by atoms with Crippen LogP contribution in [0.4, 0.5) is 10.1 Å². The van der Waals surface area contributed by atoms with Gasteiger partial charge >= 0.3 is 5.97 Å². The number of benzene rings is 1. The van der Waals surface area contributed by atoms with Crippen molar-refractivity contribution in [3.63, 3.8) is 0 Å². The van der Waals surface area contributed by atoms with Gasteiger partial charge in [-0.1, -0.05) is 17.5 Å². The van der Waals surface area contributed by atoms with E-state index in [2.05, 4.69) is 5.92 Å². The maximum Gasteiger partial charge on any atom is 0.334 e. The number of hydrogen-bond donors (Lipinski definition) is 0. The number of imide groups is 1. The third-order valence-corrected chi connectivity index (χ3v) is 5.03. The second kappa shape index (κ2) is 10.5. The molecule has 2 amide bonds. The zero-order valence-electron chi connectivity index (χ0n) is 16.5. The molecular formula is C21H20Cl2FNO5. The maximum atomic E-state index is 14.8. The van der Waals surface area contributed by atoms with Gasteiger partial charge in [-0.15, -0.1) is 18.0 Å². The summed E-state index contributed by atoms with van der Waals surface area (Å²) < 4.78 is 25.0. The van der Waals surface area contributed by atoms with Crippen molar-refractivity contribution < 1.29 is 28.2 Å². The third kappa shape index (κ3) is 5.13. The molecule has 0 heterocycles. The molecule has 1 unspecified atom stereocenters. The summed E-state index contributed by atoms with van der Waals surface area (Å²) in [5, 5.41) is -0.0868. The first-order valence-corrected chi connectivity index (χ1v) is 10.0. The van der Waals surface area contributed by atoms with Gasteiger partial charge in [0.2, 0.25) is 5.91 Å². The van der Waals surface area contributed by atoms with Crippen LogP contribution in [-0.4, -0.2) is 36.9 Å². The van der Waals surface area contributed by atoms with Crippen LogP contribution in [0.1, 0.15) is 32.6 Å². The number of methoxy groups -OCH3 is 1. The van der Waals surface area contributed by atoms with E-state index in [1.807, 2.05) is 0 Å². The molecule has 30 heavy (non-hydrogen) atoms. The molecule has 1 aromatic carbocycles. The van der Waals surface area contributed by atoms with Crippen molar-refractivity contribution in [2.24, 2.45) is 0 Å². The van der Waals surface area contributed by atoms with Crippen LogP contribution in [-0.2, 0) is 19.1 Å². The molecule has 0 spiro atoms. The average molecular weight is 456 g/mol. The number of halogens is 3. The predicted molar refractivity (Wildman–Crippen MR) is 111 cm³/mol. The summed E-state index contributed by atoms with van der Waals surface area (Å²) in [7, 11) is 1.20. The van der Waals surface area contributed by atoms with Gasteiger partial charge in [0.05, 0.1) is 17.8 Å². The first-order valence-electron chi connectivity index (χ1n) is 9.10. The Balaban J connectivity index is 2.61. The Morgan fingerprint density at radius 1 is 1.27 bits per heavy atom. The molecular weight excluding hydrogens is 436 g/mol. The summed E-state index contributed by atoms with van der Waals surface area (Å²) in [5.74, 6) is -1.60. The first kappa shape index (κ1) is 23.7. The van der Waals surface area contributed by atoms with E-state index in [1.54, 1.807) is 6.92 Å². The highest BCUT2D eigenvalue weighted by atomic mass is 35.5. The fourth-order valence-electron chi connectivity index (χ4n) is 3.05. The van der Waals surface area contributed by atoms with E-state index >= 15 is 0 Å². The summed E-state index contributed by atoms with van der Waals surface area (Å²) in [5.41, 5.74) is -0.162. The summed E-state index contributed by atoms with van der Waals surface area (Å²) >= 11 is 11.7. The fraction of sp³-hybridized carbons (Fsp3) is 0.381. The molecule has 0 saturated carbocycles. The number of rotatable bonds is 6. The Hall–Kier alpha value is -2.56. The number of hydrogen-bond acceptors (Lipinski definition) is 5. The number of amides is 2. The van der Waals surface area contributed by atoms with Crippen LogP contribution in [0.5, 0.6) is 5.75 Å². The van der Waals surface area contributed by atoms with Gasteiger partial charge in [-0.05, 0) is 38.7 Å². The van der Waals surface area contributed by atoms with Crippen molar-refractivity contribution in [3.05, 3.63) is 34.1 Å². The van der Waals surface area contributed by atoms with Crippen LogP contribution in [0.15, 0.2) is 23.3 Å². The Bertz CT molecular complexity index is 938. The van der Waals surface area contributed by atoms with Gasteiger partial charge in [0.1, 0.15) is 17.4 Å². The number of terminal acetylenes is 1. The van der Waals surface area contributed by atoms with E-state index in [0.717, 1.165) is 12.1 Å². The quantitative estimate of drug-likeness (QED) is 0.367. The van der Waals surface area contributed by atoms with Crippen LogP contribution in [0.2, 0.25) is 5.02 Å². The summed E-state index contributed by atoms with van der Waals surface area (Å²) in [6.45, 7) is 1.57. The summed E-state index contributed by atoms with van der Waals surface area (Å²) in [6.07, 6.45) is 6.46. The smallest absolute Gasteiger partial charge is 0.334 e. The van der Waals surface area contributed by atoms with E-state index in [0.29, 0.717) is 24.2 Å². The largest absolute Gasteiger partial charge is 0.476 e. The second-order valence-corrected chi connectivity index (χ2v) is 7.16. The molecule has 1 atom stereocenters. The number of carbonyl (C=O) groups is 3. The van der Waals surface area contributed by atoms with Gasteiger partial charge in [-0.3, -0.25) is 9.59 Å². The number of alkyl halides is 1. The van der Waals surface area contributed by atoms with Gasteiger partial charge < -0.3 is 9.47 Å². The van der Waals surface area contributed by atoms with Crippen LogP contribution >= 0.6 is 23.2 Å². The zero-order valence-corrected chi connectivity index (χ0v) is 18.0. The second-order valence-electron chi connectivity index (χ2n) is 6.48. The van der Waals surface area contributed by atoms with E-state index in [1.165, 1.54) is 7.11 Å². The van der Waals surface area contributed by atoms with Crippen molar-refractivity contribution in [3.8, 4) is 18.1 Å². The van der Waals surface area contributed by atoms with Gasteiger partial charge in [0.25, 0.3) is 5.91 Å². The van der Waals surface area contributed by atoms with Gasteiger partial charge in [-0.25, -0.2) is 14.1 Å². The number of ether oxygens (including phenoxy) is 2. The molecule has 6 nitrogen and oxygen atoms in total. The standard InChI is InChI=1S/C21H20Cl2FNO5/c1-4-12(2)30-18-10-17(16(24)9-15(18)23)25(19(26)11-22)20(27)13-7-5-6-8-14(13)21(28)29-3/h1,9-10,12H,5-8,11H2,2-3H3. The third-order valence-electron chi connectivity index (χ3n) is 4.51. The Morgan fingerprint density at radius 3 is 2.47 bits per heavy atom. The molecule has 0 aromatic heterocycles. The van der Waals surface area contributed by atoms with Gasteiger partial charge in [-0.2, -0.15) is 0 Å². The van der Waals surface area contributed by atoms with E-state index in [4.69, 9.17) is 39.1 Å². The van der Waals surface area contributed by atoms with Crippen molar-refractivity contribution in [1.82, 2.24) is 0 Å². The molecule has 1 aromatic rings. The number of carbonyl (C=O) groups excluding carboxylic acids is 3. The zero-order chi connectivity index (χ0) is 22.4. The SMILES string of the molecule is C#CC(C)Oc1cc(N(C(=O)CCl)C(=O)C2=C(C(=O)OC)CCCC2)c(F)cc1Cl. The van der Waals surface area contributed by atoms with E-state index in [-0.39, 0.29) is 28.3 Å². The van der Waals surface area contributed by atoms with E-state index in [9.17, 15) is 18.8 Å². The first-order chi connectivity index (χ1) is 14.2. The minimum atomic E-state index is -0.941. The number of anilines is 1. The normalized spacial score (nSPS) is 14.5. The minimum Gasteiger partial charge on any atom is -0.476 e. The highest BCUT2D eigenvalue weighted by Crippen LogP contribution is 2.35.